The summed E-state index contributed by atoms with van der Waals surface area (Å²) in [7, 11) is 0. The van der Waals surface area contributed by atoms with Crippen molar-refractivity contribution in [3.05, 3.63) is 29.1 Å². The van der Waals surface area contributed by atoms with Gasteiger partial charge in [-0.1, -0.05) is 44.9 Å². The Balaban J connectivity index is 2.03. The van der Waals surface area contributed by atoms with Crippen molar-refractivity contribution < 1.29 is 0 Å². The van der Waals surface area contributed by atoms with E-state index in [0.717, 1.165) is 0 Å². The van der Waals surface area contributed by atoms with Crippen LogP contribution in [0.3, 0.4) is 0 Å². The zero-order valence-corrected chi connectivity index (χ0v) is 11.9. The molecule has 1 aliphatic rings. The van der Waals surface area contributed by atoms with Crippen LogP contribution < -0.4 is 0 Å². The molecule has 0 radical (unpaired) electrons. The van der Waals surface area contributed by atoms with E-state index in [9.17, 15) is 0 Å². The molecule has 1 heteroatoms. The molecule has 1 heterocycles. The SMILES string of the molecule is Cc1cncc2c1CCCCCCCCCCC2. The molecule has 0 atom stereocenters. The highest BCUT2D eigenvalue weighted by atomic mass is 14.6. The lowest BCUT2D eigenvalue weighted by atomic mass is 9.96. The van der Waals surface area contributed by atoms with Gasteiger partial charge in [-0.3, -0.25) is 4.98 Å². The number of aryl methyl sites for hydroxylation is 2. The van der Waals surface area contributed by atoms with E-state index in [-0.39, 0.29) is 0 Å². The first-order chi connectivity index (χ1) is 8.88. The maximum absolute atomic E-state index is 4.38. The molecule has 0 amide bonds. The second kappa shape index (κ2) is 7.56. The van der Waals surface area contributed by atoms with Gasteiger partial charge < -0.3 is 0 Å². The Hall–Kier alpha value is -0.850. The molecule has 0 bridgehead atoms. The molecule has 1 aliphatic carbocycles. The number of fused-ring (bicyclic) bond motifs is 1. The summed E-state index contributed by atoms with van der Waals surface area (Å²) in [6, 6.07) is 0. The van der Waals surface area contributed by atoms with Crippen LogP contribution in [0.25, 0.3) is 0 Å². The van der Waals surface area contributed by atoms with Crippen molar-refractivity contribution in [1.29, 1.82) is 0 Å². The van der Waals surface area contributed by atoms with Crippen molar-refractivity contribution in [2.75, 3.05) is 0 Å². The molecule has 100 valence electrons. The second-order valence-corrected chi connectivity index (χ2v) is 5.78. The van der Waals surface area contributed by atoms with Gasteiger partial charge in [0.1, 0.15) is 0 Å². The molecule has 1 aromatic heterocycles. The van der Waals surface area contributed by atoms with Gasteiger partial charge in [0, 0.05) is 12.4 Å². The number of rotatable bonds is 0. The van der Waals surface area contributed by atoms with Gasteiger partial charge in [-0.15, -0.1) is 0 Å². The van der Waals surface area contributed by atoms with E-state index in [1.165, 1.54) is 81.8 Å². The third-order valence-corrected chi connectivity index (χ3v) is 4.24. The highest BCUT2D eigenvalue weighted by Gasteiger charge is 2.07. The summed E-state index contributed by atoms with van der Waals surface area (Å²) >= 11 is 0. The van der Waals surface area contributed by atoms with E-state index in [1.54, 1.807) is 5.56 Å². The highest BCUT2D eigenvalue weighted by molar-refractivity contribution is 5.31. The van der Waals surface area contributed by atoms with Crippen molar-refractivity contribution in [3.8, 4) is 0 Å². The molecule has 0 aliphatic heterocycles. The molecule has 0 aromatic carbocycles. The van der Waals surface area contributed by atoms with E-state index >= 15 is 0 Å². The third kappa shape index (κ3) is 4.12. The van der Waals surface area contributed by atoms with Crippen molar-refractivity contribution in [2.24, 2.45) is 0 Å². The predicted molar refractivity (Wildman–Crippen MR) is 77.9 cm³/mol. The van der Waals surface area contributed by atoms with E-state index in [4.69, 9.17) is 0 Å². The smallest absolute Gasteiger partial charge is 0.0302 e. The third-order valence-electron chi connectivity index (χ3n) is 4.24. The second-order valence-electron chi connectivity index (χ2n) is 5.78. The molecule has 1 aromatic rings. The van der Waals surface area contributed by atoms with Gasteiger partial charge in [-0.2, -0.15) is 0 Å². The summed E-state index contributed by atoms with van der Waals surface area (Å²) in [6.45, 7) is 2.23. The minimum Gasteiger partial charge on any atom is -0.264 e. The Labute approximate surface area is 112 Å². The minimum atomic E-state index is 1.24. The molecule has 0 spiro atoms. The van der Waals surface area contributed by atoms with Gasteiger partial charge in [-0.05, 0) is 49.3 Å². The van der Waals surface area contributed by atoms with Crippen LogP contribution in [-0.4, -0.2) is 4.98 Å². The van der Waals surface area contributed by atoms with Crippen molar-refractivity contribution >= 4 is 0 Å². The summed E-state index contributed by atoms with van der Waals surface area (Å²) in [5.41, 5.74) is 4.53. The van der Waals surface area contributed by atoms with E-state index in [1.807, 2.05) is 6.20 Å². The van der Waals surface area contributed by atoms with Crippen LogP contribution in [0.15, 0.2) is 12.4 Å². The van der Waals surface area contributed by atoms with Crippen molar-refractivity contribution in [3.63, 3.8) is 0 Å². The molecule has 18 heavy (non-hydrogen) atoms. The number of hydrogen-bond acceptors (Lipinski definition) is 1. The first-order valence-corrected chi connectivity index (χ1v) is 7.80. The monoisotopic (exact) mass is 245 g/mol. The van der Waals surface area contributed by atoms with Crippen LogP contribution in [0.5, 0.6) is 0 Å². The summed E-state index contributed by atoms with van der Waals surface area (Å²) < 4.78 is 0. The molecule has 0 N–H and O–H groups in total. The fourth-order valence-corrected chi connectivity index (χ4v) is 3.08. The van der Waals surface area contributed by atoms with Crippen LogP contribution in [0.2, 0.25) is 0 Å². The standard InChI is InChI=1S/C17H27N/c1-15-13-18-14-16-11-9-7-5-3-2-4-6-8-10-12-17(15)16/h13-14H,2-12H2,1H3. The molecule has 0 saturated heterocycles. The van der Waals surface area contributed by atoms with Gasteiger partial charge in [-0.25, -0.2) is 0 Å². The Kier molecular flexibility index (Phi) is 5.70. The summed E-state index contributed by atoms with van der Waals surface area (Å²) in [4.78, 5) is 4.38. The van der Waals surface area contributed by atoms with E-state index in [2.05, 4.69) is 18.1 Å². The molecular weight excluding hydrogens is 218 g/mol. The Bertz CT molecular complexity index is 357. The number of aromatic nitrogens is 1. The average molecular weight is 245 g/mol. The van der Waals surface area contributed by atoms with Gasteiger partial charge >= 0.3 is 0 Å². The first-order valence-electron chi connectivity index (χ1n) is 7.80. The molecule has 1 nitrogen and oxygen atoms in total. The molecule has 0 saturated carbocycles. The Morgan fingerprint density at radius 3 is 1.94 bits per heavy atom. The van der Waals surface area contributed by atoms with Crippen LogP contribution in [0.4, 0.5) is 0 Å². The summed E-state index contributed by atoms with van der Waals surface area (Å²) in [5, 5.41) is 0. The molecule has 0 fully saturated rings. The Morgan fingerprint density at radius 2 is 1.28 bits per heavy atom. The van der Waals surface area contributed by atoms with E-state index < -0.39 is 0 Å². The number of hydrogen-bond donors (Lipinski definition) is 0. The lowest BCUT2D eigenvalue weighted by Gasteiger charge is -2.11. The van der Waals surface area contributed by atoms with Gasteiger partial charge in [0.25, 0.3) is 0 Å². The summed E-state index contributed by atoms with van der Waals surface area (Å²) in [6.07, 6.45) is 19.4. The quantitative estimate of drug-likeness (QED) is 0.627. The molecular formula is C17H27N. The van der Waals surface area contributed by atoms with Crippen molar-refractivity contribution in [1.82, 2.24) is 4.98 Å². The maximum atomic E-state index is 4.38. The Morgan fingerprint density at radius 1 is 0.722 bits per heavy atom. The van der Waals surface area contributed by atoms with Gasteiger partial charge in [0.15, 0.2) is 0 Å². The largest absolute Gasteiger partial charge is 0.264 e. The normalized spacial score (nSPS) is 19.2. The van der Waals surface area contributed by atoms with Crippen LogP contribution >= 0.6 is 0 Å². The van der Waals surface area contributed by atoms with Crippen molar-refractivity contribution in [2.45, 2.75) is 77.6 Å². The average Bonchev–Trinajstić information content (AvgIpc) is 2.39. The van der Waals surface area contributed by atoms with Gasteiger partial charge in [0.2, 0.25) is 0 Å². The fourth-order valence-electron chi connectivity index (χ4n) is 3.08. The summed E-state index contributed by atoms with van der Waals surface area (Å²) in [5.74, 6) is 0. The van der Waals surface area contributed by atoms with Crippen LogP contribution in [0.1, 0.15) is 74.5 Å². The van der Waals surface area contributed by atoms with Crippen LogP contribution in [-0.2, 0) is 12.8 Å². The zero-order valence-electron chi connectivity index (χ0n) is 11.9. The van der Waals surface area contributed by atoms with E-state index in [0.29, 0.717) is 0 Å². The lowest BCUT2D eigenvalue weighted by Crippen LogP contribution is -2.00. The molecule has 2 rings (SSSR count). The topological polar surface area (TPSA) is 12.9 Å². The number of nitrogens with zero attached hydrogens (tertiary/aromatic N) is 1. The first kappa shape index (κ1) is 13.6. The number of pyridine rings is 1. The van der Waals surface area contributed by atoms with Crippen LogP contribution in [0, 0.1) is 6.92 Å². The zero-order chi connectivity index (χ0) is 12.6. The molecule has 0 unspecified atom stereocenters. The van der Waals surface area contributed by atoms with Gasteiger partial charge in [0.05, 0.1) is 0 Å². The fraction of sp³-hybridized carbons (Fsp3) is 0.706. The minimum absolute atomic E-state index is 1.24. The predicted octanol–water partition coefficient (Wildman–Crippen LogP) is 5.00. The lowest BCUT2D eigenvalue weighted by molar-refractivity contribution is 0.563. The maximum Gasteiger partial charge on any atom is 0.0302 e. The highest BCUT2D eigenvalue weighted by Crippen LogP contribution is 2.20.